The SMILES string of the molecule is CNCC(C)CN(C)c1nccn(C2CC2)c1=O. The second-order valence-corrected chi connectivity index (χ2v) is 5.24. The molecule has 1 aliphatic rings. The van der Waals surface area contributed by atoms with Gasteiger partial charge >= 0.3 is 0 Å². The summed E-state index contributed by atoms with van der Waals surface area (Å²) in [6.07, 6.45) is 5.76. The Morgan fingerprint density at radius 2 is 2.33 bits per heavy atom. The Labute approximate surface area is 108 Å². The molecule has 1 fully saturated rings. The van der Waals surface area contributed by atoms with E-state index in [0.29, 0.717) is 17.8 Å². The number of anilines is 1. The van der Waals surface area contributed by atoms with Crippen LogP contribution < -0.4 is 15.8 Å². The van der Waals surface area contributed by atoms with Gasteiger partial charge in [0.05, 0.1) is 0 Å². The first-order valence-electron chi connectivity index (χ1n) is 6.56. The van der Waals surface area contributed by atoms with E-state index in [0.717, 1.165) is 25.9 Å². The summed E-state index contributed by atoms with van der Waals surface area (Å²) in [6.45, 7) is 3.93. The first-order chi connectivity index (χ1) is 8.63. The fourth-order valence-corrected chi connectivity index (χ4v) is 2.28. The standard InChI is InChI=1S/C13H22N4O/c1-10(8-14-2)9-16(3)12-13(18)17(7-6-15-12)11-4-5-11/h6-7,10-11,14H,4-5,8-9H2,1-3H3. The summed E-state index contributed by atoms with van der Waals surface area (Å²) in [6, 6.07) is 0.405. The Kier molecular flexibility index (Phi) is 4.01. The summed E-state index contributed by atoms with van der Waals surface area (Å²) in [7, 11) is 3.88. The van der Waals surface area contributed by atoms with Gasteiger partial charge in [0.2, 0.25) is 0 Å². The maximum absolute atomic E-state index is 12.3. The minimum Gasteiger partial charge on any atom is -0.355 e. The number of hydrogen-bond acceptors (Lipinski definition) is 4. The third-order valence-corrected chi connectivity index (χ3v) is 3.29. The molecule has 1 saturated carbocycles. The van der Waals surface area contributed by atoms with Crippen LogP contribution in [0.1, 0.15) is 25.8 Å². The summed E-state index contributed by atoms with van der Waals surface area (Å²) < 4.78 is 1.82. The maximum atomic E-state index is 12.3. The lowest BCUT2D eigenvalue weighted by Crippen LogP contribution is -2.35. The molecule has 100 valence electrons. The van der Waals surface area contributed by atoms with Crippen molar-refractivity contribution in [2.24, 2.45) is 5.92 Å². The summed E-state index contributed by atoms with van der Waals surface area (Å²) >= 11 is 0. The van der Waals surface area contributed by atoms with Gasteiger partial charge in [0, 0.05) is 32.0 Å². The third kappa shape index (κ3) is 2.90. The lowest BCUT2D eigenvalue weighted by molar-refractivity contribution is 0.538. The topological polar surface area (TPSA) is 50.2 Å². The molecule has 2 rings (SSSR count). The lowest BCUT2D eigenvalue weighted by atomic mass is 10.2. The van der Waals surface area contributed by atoms with Crippen LogP contribution in [0.25, 0.3) is 0 Å². The molecular weight excluding hydrogens is 228 g/mol. The highest BCUT2D eigenvalue weighted by molar-refractivity contribution is 5.34. The average molecular weight is 250 g/mol. The van der Waals surface area contributed by atoms with Crippen molar-refractivity contribution in [2.75, 3.05) is 32.1 Å². The van der Waals surface area contributed by atoms with Crippen molar-refractivity contribution in [1.29, 1.82) is 0 Å². The van der Waals surface area contributed by atoms with Crippen LogP contribution in [0.3, 0.4) is 0 Å². The van der Waals surface area contributed by atoms with Crippen LogP contribution in [0.2, 0.25) is 0 Å². The van der Waals surface area contributed by atoms with E-state index < -0.39 is 0 Å². The highest BCUT2D eigenvalue weighted by Gasteiger charge is 2.25. The summed E-state index contributed by atoms with van der Waals surface area (Å²) in [5.74, 6) is 1.04. The van der Waals surface area contributed by atoms with Gasteiger partial charge in [0.25, 0.3) is 5.56 Å². The molecule has 1 unspecified atom stereocenters. The molecule has 1 aromatic heterocycles. The fraction of sp³-hybridized carbons (Fsp3) is 0.692. The molecule has 5 heteroatoms. The van der Waals surface area contributed by atoms with Gasteiger partial charge < -0.3 is 14.8 Å². The van der Waals surface area contributed by atoms with Crippen LogP contribution in [-0.2, 0) is 0 Å². The van der Waals surface area contributed by atoms with Gasteiger partial charge in [-0.1, -0.05) is 6.92 Å². The maximum Gasteiger partial charge on any atom is 0.293 e. The number of nitrogens with one attached hydrogen (secondary N) is 1. The van der Waals surface area contributed by atoms with Crippen LogP contribution in [0.15, 0.2) is 17.2 Å². The normalized spacial score (nSPS) is 16.6. The molecule has 1 aliphatic carbocycles. The third-order valence-electron chi connectivity index (χ3n) is 3.29. The monoisotopic (exact) mass is 250 g/mol. The molecule has 0 radical (unpaired) electrons. The smallest absolute Gasteiger partial charge is 0.293 e. The second-order valence-electron chi connectivity index (χ2n) is 5.24. The van der Waals surface area contributed by atoms with Crippen LogP contribution in [0.4, 0.5) is 5.82 Å². The van der Waals surface area contributed by atoms with Crippen molar-refractivity contribution in [2.45, 2.75) is 25.8 Å². The van der Waals surface area contributed by atoms with Gasteiger partial charge in [-0.25, -0.2) is 4.98 Å². The van der Waals surface area contributed by atoms with Gasteiger partial charge in [0.15, 0.2) is 5.82 Å². The van der Waals surface area contributed by atoms with Crippen LogP contribution >= 0.6 is 0 Å². The Morgan fingerprint density at radius 3 is 2.94 bits per heavy atom. The van der Waals surface area contributed by atoms with Crippen molar-refractivity contribution < 1.29 is 0 Å². The van der Waals surface area contributed by atoms with Gasteiger partial charge in [-0.15, -0.1) is 0 Å². The minimum absolute atomic E-state index is 0.0409. The molecule has 1 heterocycles. The zero-order valence-corrected chi connectivity index (χ0v) is 11.4. The Hall–Kier alpha value is -1.36. The van der Waals surface area contributed by atoms with E-state index in [-0.39, 0.29) is 5.56 Å². The van der Waals surface area contributed by atoms with Gasteiger partial charge in [-0.05, 0) is 32.4 Å². The Balaban J connectivity index is 2.12. The van der Waals surface area contributed by atoms with E-state index in [1.807, 2.05) is 23.6 Å². The molecule has 1 atom stereocenters. The molecule has 0 aliphatic heterocycles. The molecular formula is C13H22N4O. The van der Waals surface area contributed by atoms with Gasteiger partial charge in [0.1, 0.15) is 0 Å². The number of nitrogens with zero attached hydrogens (tertiary/aromatic N) is 3. The molecule has 18 heavy (non-hydrogen) atoms. The molecule has 0 saturated heterocycles. The van der Waals surface area contributed by atoms with Gasteiger partial charge in [-0.3, -0.25) is 4.79 Å². The van der Waals surface area contributed by atoms with E-state index in [1.165, 1.54) is 0 Å². The average Bonchev–Trinajstić information content (AvgIpc) is 3.13. The minimum atomic E-state index is 0.0409. The predicted molar refractivity (Wildman–Crippen MR) is 73.1 cm³/mol. The quantitative estimate of drug-likeness (QED) is 0.814. The van der Waals surface area contributed by atoms with E-state index in [1.54, 1.807) is 12.4 Å². The fourth-order valence-electron chi connectivity index (χ4n) is 2.28. The van der Waals surface area contributed by atoms with Gasteiger partial charge in [-0.2, -0.15) is 0 Å². The lowest BCUT2D eigenvalue weighted by Gasteiger charge is -2.22. The molecule has 0 bridgehead atoms. The highest BCUT2D eigenvalue weighted by Crippen LogP contribution is 2.33. The number of hydrogen-bond donors (Lipinski definition) is 1. The molecule has 0 amide bonds. The van der Waals surface area contributed by atoms with Crippen LogP contribution in [-0.4, -0.2) is 36.7 Å². The molecule has 0 spiro atoms. The zero-order chi connectivity index (χ0) is 13.1. The van der Waals surface area contributed by atoms with Crippen molar-refractivity contribution in [1.82, 2.24) is 14.9 Å². The molecule has 1 aromatic rings. The van der Waals surface area contributed by atoms with Crippen molar-refractivity contribution in [3.63, 3.8) is 0 Å². The van der Waals surface area contributed by atoms with E-state index in [4.69, 9.17) is 0 Å². The predicted octanol–water partition coefficient (Wildman–Crippen LogP) is 0.870. The first kappa shape index (κ1) is 13.1. The largest absolute Gasteiger partial charge is 0.355 e. The summed E-state index contributed by atoms with van der Waals surface area (Å²) in [5.41, 5.74) is 0.0409. The summed E-state index contributed by atoms with van der Waals surface area (Å²) in [4.78, 5) is 18.5. The van der Waals surface area contributed by atoms with Crippen molar-refractivity contribution in [3.8, 4) is 0 Å². The number of aromatic nitrogens is 2. The zero-order valence-electron chi connectivity index (χ0n) is 11.4. The molecule has 5 nitrogen and oxygen atoms in total. The Bertz CT molecular complexity index is 453. The molecule has 1 N–H and O–H groups in total. The van der Waals surface area contributed by atoms with Crippen molar-refractivity contribution in [3.05, 3.63) is 22.7 Å². The van der Waals surface area contributed by atoms with E-state index in [2.05, 4.69) is 17.2 Å². The number of rotatable bonds is 6. The first-order valence-corrected chi connectivity index (χ1v) is 6.56. The van der Waals surface area contributed by atoms with Crippen LogP contribution in [0, 0.1) is 5.92 Å². The summed E-state index contributed by atoms with van der Waals surface area (Å²) in [5, 5.41) is 3.15. The van der Waals surface area contributed by atoms with E-state index >= 15 is 0 Å². The Morgan fingerprint density at radius 1 is 1.61 bits per heavy atom. The van der Waals surface area contributed by atoms with Crippen molar-refractivity contribution >= 4 is 5.82 Å². The van der Waals surface area contributed by atoms with E-state index in [9.17, 15) is 4.79 Å². The molecule has 0 aromatic carbocycles. The highest BCUT2D eigenvalue weighted by atomic mass is 16.1. The second kappa shape index (κ2) is 5.52. The van der Waals surface area contributed by atoms with Crippen LogP contribution in [0.5, 0.6) is 0 Å².